The molecular weight excluding hydrogens is 236 g/mol. The second-order valence-corrected chi connectivity index (χ2v) is 4.49. The Hall–Kier alpha value is -1.54. The molecule has 0 heterocycles. The van der Waals surface area contributed by atoms with Gasteiger partial charge in [0.05, 0.1) is 6.26 Å². The molecule has 88 valence electrons. The summed E-state index contributed by atoms with van der Waals surface area (Å²) in [6.45, 7) is 0. The lowest BCUT2D eigenvalue weighted by Crippen LogP contribution is -2.12. The summed E-state index contributed by atoms with van der Waals surface area (Å²) in [5.41, 5.74) is 2.20. The molecule has 0 radical (unpaired) electrons. The second-order valence-electron chi connectivity index (χ2n) is 4.06. The quantitative estimate of drug-likeness (QED) is 0.604. The highest BCUT2D eigenvalue weighted by Gasteiger charge is 2.20. The highest BCUT2D eigenvalue weighted by Crippen LogP contribution is 2.26. The summed E-state index contributed by atoms with van der Waals surface area (Å²) in [4.78, 5) is 11.9. The minimum absolute atomic E-state index is 0.0475. The Bertz CT molecular complexity index is 483. The van der Waals surface area contributed by atoms with Crippen LogP contribution in [-0.2, 0) is 4.79 Å². The van der Waals surface area contributed by atoms with Crippen molar-refractivity contribution in [3.63, 3.8) is 0 Å². The number of carbonyl (C=O) groups is 1. The smallest absolute Gasteiger partial charge is 0.188 e. The van der Waals surface area contributed by atoms with E-state index in [2.05, 4.69) is 0 Å². The lowest BCUT2D eigenvalue weighted by atomic mass is 9.88. The molecule has 0 amide bonds. The molecule has 0 bridgehead atoms. The molecule has 1 aromatic carbocycles. The van der Waals surface area contributed by atoms with Gasteiger partial charge in [0.1, 0.15) is 0 Å². The van der Waals surface area contributed by atoms with E-state index in [0.717, 1.165) is 30.2 Å². The van der Waals surface area contributed by atoms with Gasteiger partial charge in [-0.05, 0) is 43.0 Å². The van der Waals surface area contributed by atoms with Crippen LogP contribution >= 0.6 is 11.6 Å². The Morgan fingerprint density at radius 2 is 1.76 bits per heavy atom. The van der Waals surface area contributed by atoms with Gasteiger partial charge < -0.3 is 5.11 Å². The monoisotopic (exact) mass is 248 g/mol. The molecule has 0 aromatic heterocycles. The summed E-state index contributed by atoms with van der Waals surface area (Å²) in [6.07, 6.45) is 5.11. The van der Waals surface area contributed by atoms with Crippen LogP contribution in [-0.4, -0.2) is 10.9 Å². The number of Topliss-reactive ketones (excluding diaryl/α,β-unsaturated/α-hetero) is 1. The first-order valence-electron chi connectivity index (χ1n) is 5.55. The van der Waals surface area contributed by atoms with Gasteiger partial charge in [-0.1, -0.05) is 23.7 Å². The number of rotatable bonds is 1. The third-order valence-corrected chi connectivity index (χ3v) is 3.09. The van der Waals surface area contributed by atoms with Gasteiger partial charge in [0.2, 0.25) is 0 Å². The van der Waals surface area contributed by atoms with Crippen molar-refractivity contribution in [3.05, 3.63) is 52.3 Å². The molecular formula is C14H13ClO2. The molecule has 1 aromatic rings. The average Bonchev–Trinajstić information content (AvgIpc) is 2.35. The number of benzene rings is 1. The van der Waals surface area contributed by atoms with Crippen molar-refractivity contribution in [2.24, 2.45) is 0 Å². The van der Waals surface area contributed by atoms with Gasteiger partial charge in [-0.15, -0.1) is 0 Å². The van der Waals surface area contributed by atoms with E-state index in [1.165, 1.54) is 0 Å². The molecule has 17 heavy (non-hydrogen) atoms. The molecule has 0 saturated heterocycles. The molecule has 0 atom stereocenters. The largest absolute Gasteiger partial charge is 0.515 e. The number of aliphatic hydroxyl groups is 1. The fourth-order valence-electron chi connectivity index (χ4n) is 1.92. The van der Waals surface area contributed by atoms with Crippen LogP contribution in [0.3, 0.4) is 0 Å². The molecule has 1 aliphatic rings. The van der Waals surface area contributed by atoms with Crippen molar-refractivity contribution >= 4 is 23.5 Å². The zero-order chi connectivity index (χ0) is 12.3. The van der Waals surface area contributed by atoms with Gasteiger partial charge in [0.25, 0.3) is 0 Å². The normalized spacial score (nSPS) is 21.1. The summed E-state index contributed by atoms with van der Waals surface area (Å²) in [7, 11) is 0. The number of aliphatic hydroxyl groups excluding tert-OH is 1. The first-order valence-corrected chi connectivity index (χ1v) is 5.92. The Morgan fingerprint density at radius 3 is 2.41 bits per heavy atom. The standard InChI is InChI=1S/C14H13ClO2/c15-13-6-4-10(5-7-13)8-11-2-1-3-12(9-16)14(11)17/h4-9,16H,1-3H2. The van der Waals surface area contributed by atoms with Gasteiger partial charge in [-0.25, -0.2) is 0 Å². The van der Waals surface area contributed by atoms with Crippen LogP contribution < -0.4 is 0 Å². The van der Waals surface area contributed by atoms with Gasteiger partial charge in [0, 0.05) is 16.2 Å². The van der Waals surface area contributed by atoms with Crippen molar-refractivity contribution in [1.29, 1.82) is 0 Å². The van der Waals surface area contributed by atoms with Crippen molar-refractivity contribution < 1.29 is 9.90 Å². The average molecular weight is 249 g/mol. The van der Waals surface area contributed by atoms with Crippen molar-refractivity contribution in [2.75, 3.05) is 0 Å². The number of carbonyl (C=O) groups excluding carboxylic acids is 1. The van der Waals surface area contributed by atoms with E-state index >= 15 is 0 Å². The van der Waals surface area contributed by atoms with Crippen molar-refractivity contribution in [3.8, 4) is 0 Å². The molecule has 3 heteroatoms. The van der Waals surface area contributed by atoms with E-state index in [4.69, 9.17) is 16.7 Å². The second kappa shape index (κ2) is 5.19. The number of halogens is 1. The first-order chi connectivity index (χ1) is 8.20. The molecule has 1 N–H and O–H groups in total. The van der Waals surface area contributed by atoms with Gasteiger partial charge in [0.15, 0.2) is 5.78 Å². The predicted octanol–water partition coefficient (Wildman–Crippen LogP) is 3.92. The number of hydrogen-bond acceptors (Lipinski definition) is 2. The molecule has 1 aliphatic carbocycles. The number of hydrogen-bond donors (Lipinski definition) is 1. The molecule has 1 fully saturated rings. The van der Waals surface area contributed by atoms with Crippen molar-refractivity contribution in [1.82, 2.24) is 0 Å². The van der Waals surface area contributed by atoms with Crippen LogP contribution in [0.2, 0.25) is 5.02 Å². The third-order valence-electron chi connectivity index (χ3n) is 2.84. The summed E-state index contributed by atoms with van der Waals surface area (Å²) in [5, 5.41) is 9.63. The van der Waals surface area contributed by atoms with E-state index in [9.17, 15) is 4.79 Å². The van der Waals surface area contributed by atoms with Gasteiger partial charge >= 0.3 is 0 Å². The van der Waals surface area contributed by atoms with Gasteiger partial charge in [-0.2, -0.15) is 0 Å². The summed E-state index contributed by atoms with van der Waals surface area (Å²) < 4.78 is 0. The van der Waals surface area contributed by atoms with E-state index in [1.807, 2.05) is 18.2 Å². The third kappa shape index (κ3) is 2.77. The molecule has 2 rings (SSSR count). The van der Waals surface area contributed by atoms with E-state index in [1.54, 1.807) is 12.1 Å². The van der Waals surface area contributed by atoms with E-state index < -0.39 is 0 Å². The number of allylic oxidation sites excluding steroid dienone is 2. The highest BCUT2D eigenvalue weighted by atomic mass is 35.5. The molecule has 2 nitrogen and oxygen atoms in total. The maximum Gasteiger partial charge on any atom is 0.188 e. The first kappa shape index (κ1) is 11.9. The summed E-state index contributed by atoms with van der Waals surface area (Å²) in [6, 6.07) is 7.34. The molecule has 0 unspecified atom stereocenters. The summed E-state index contributed by atoms with van der Waals surface area (Å²) in [5.74, 6) is -0.0475. The Morgan fingerprint density at radius 1 is 1.12 bits per heavy atom. The zero-order valence-corrected chi connectivity index (χ0v) is 10.1. The summed E-state index contributed by atoms with van der Waals surface area (Å²) >= 11 is 5.80. The Kier molecular flexibility index (Phi) is 3.64. The minimum atomic E-state index is -0.0475. The van der Waals surface area contributed by atoms with Crippen LogP contribution in [0.5, 0.6) is 0 Å². The molecule has 0 aliphatic heterocycles. The molecule has 1 saturated carbocycles. The predicted molar refractivity (Wildman–Crippen MR) is 69.0 cm³/mol. The Labute approximate surface area is 105 Å². The van der Waals surface area contributed by atoms with Crippen LogP contribution in [0.1, 0.15) is 24.8 Å². The van der Waals surface area contributed by atoms with Crippen LogP contribution in [0.25, 0.3) is 6.08 Å². The SMILES string of the molecule is O=C1C(=CO)CCCC1=Cc1ccc(Cl)cc1. The lowest BCUT2D eigenvalue weighted by molar-refractivity contribution is -0.113. The zero-order valence-electron chi connectivity index (χ0n) is 9.32. The maximum atomic E-state index is 11.9. The van der Waals surface area contributed by atoms with E-state index in [0.29, 0.717) is 17.0 Å². The minimum Gasteiger partial charge on any atom is -0.515 e. The fourth-order valence-corrected chi connectivity index (χ4v) is 2.05. The van der Waals surface area contributed by atoms with Crippen LogP contribution in [0, 0.1) is 0 Å². The van der Waals surface area contributed by atoms with Crippen molar-refractivity contribution in [2.45, 2.75) is 19.3 Å². The maximum absolute atomic E-state index is 11.9. The lowest BCUT2D eigenvalue weighted by Gasteiger charge is -2.15. The fraction of sp³-hybridized carbons (Fsp3) is 0.214. The van der Waals surface area contributed by atoms with E-state index in [-0.39, 0.29) is 5.78 Å². The van der Waals surface area contributed by atoms with Crippen LogP contribution in [0.4, 0.5) is 0 Å². The number of ketones is 1. The highest BCUT2D eigenvalue weighted by molar-refractivity contribution is 6.30. The van der Waals surface area contributed by atoms with Crippen LogP contribution in [0.15, 0.2) is 41.7 Å². The Balaban J connectivity index is 2.27. The molecule has 0 spiro atoms. The topological polar surface area (TPSA) is 37.3 Å². The van der Waals surface area contributed by atoms with Gasteiger partial charge in [-0.3, -0.25) is 4.79 Å².